The number of aliphatic carboxylic acids is 1. The van der Waals surface area contributed by atoms with Gasteiger partial charge in [0.2, 0.25) is 0 Å². The van der Waals surface area contributed by atoms with Crippen LogP contribution in [0, 0.1) is 6.92 Å². The Hall–Kier alpha value is -3.25. The number of halogens is 1. The van der Waals surface area contributed by atoms with Crippen LogP contribution in [-0.2, 0) is 4.79 Å². The lowest BCUT2D eigenvalue weighted by molar-refractivity contribution is -0.132. The van der Waals surface area contributed by atoms with Crippen LogP contribution in [0.5, 0.6) is 0 Å². The highest BCUT2D eigenvalue weighted by atomic mass is 35.5. The van der Waals surface area contributed by atoms with E-state index < -0.39 is 5.97 Å². The first-order valence-electron chi connectivity index (χ1n) is 11.3. The van der Waals surface area contributed by atoms with Crippen LogP contribution in [0.25, 0.3) is 0 Å². The number of H-pyrrole nitrogens is 1. The van der Waals surface area contributed by atoms with Gasteiger partial charge in [-0.3, -0.25) is 0 Å². The first-order chi connectivity index (χ1) is 16.2. The lowest BCUT2D eigenvalue weighted by atomic mass is 9.89. The first-order valence-corrected chi connectivity index (χ1v) is 11.7. The molecule has 1 aromatic rings. The zero-order chi connectivity index (χ0) is 25.7. The molecule has 1 atom stereocenters. The molecule has 6 nitrogen and oxygen atoms in total. The number of aliphatic hydroxyl groups is 1. The third kappa shape index (κ3) is 8.94. The van der Waals surface area contributed by atoms with Gasteiger partial charge in [0.1, 0.15) is 5.76 Å². The van der Waals surface area contributed by atoms with Crippen molar-refractivity contribution in [3.63, 3.8) is 0 Å². The second-order valence-corrected chi connectivity index (χ2v) is 8.10. The van der Waals surface area contributed by atoms with Crippen LogP contribution in [0.2, 0.25) is 5.02 Å². The fourth-order valence-corrected chi connectivity index (χ4v) is 3.72. The van der Waals surface area contributed by atoms with E-state index in [0.717, 1.165) is 35.7 Å². The Morgan fingerprint density at radius 2 is 2.00 bits per heavy atom. The quantitative estimate of drug-likeness (QED) is 0.212. The number of carboxylic acids is 1. The van der Waals surface area contributed by atoms with Crippen LogP contribution in [0.15, 0.2) is 83.7 Å². The number of hydrogen-bond acceptors (Lipinski definition) is 4. The molecule has 2 aliphatic rings. The number of fused-ring (bicyclic) bond motifs is 1. The van der Waals surface area contributed by atoms with Crippen LogP contribution < -0.4 is 5.32 Å². The van der Waals surface area contributed by atoms with Gasteiger partial charge in [0.25, 0.3) is 0 Å². The van der Waals surface area contributed by atoms with Crippen molar-refractivity contribution in [1.82, 2.24) is 15.3 Å². The summed E-state index contributed by atoms with van der Waals surface area (Å²) in [7, 11) is 0. The maximum absolute atomic E-state index is 10.5. The van der Waals surface area contributed by atoms with Gasteiger partial charge in [-0.25, -0.2) is 9.78 Å². The number of rotatable bonds is 4. The Balaban J connectivity index is 0.000000357. The summed E-state index contributed by atoms with van der Waals surface area (Å²) in [5.41, 5.74) is 5.55. The molecule has 3 rings (SSSR count). The molecule has 1 saturated heterocycles. The highest BCUT2D eigenvalue weighted by Gasteiger charge is 2.21. The van der Waals surface area contributed by atoms with Gasteiger partial charge in [-0.1, -0.05) is 49.8 Å². The molecular formula is C27H36ClN3O3. The monoisotopic (exact) mass is 485 g/mol. The summed E-state index contributed by atoms with van der Waals surface area (Å²) in [6.45, 7) is 13.6. The molecule has 0 spiro atoms. The van der Waals surface area contributed by atoms with Gasteiger partial charge in [0.05, 0.1) is 11.9 Å². The van der Waals surface area contributed by atoms with E-state index in [1.165, 1.54) is 23.4 Å². The fraction of sp³-hybridized carbons (Fsp3) is 0.333. The van der Waals surface area contributed by atoms with E-state index in [-0.39, 0.29) is 11.3 Å². The Bertz CT molecular complexity index is 1040. The highest BCUT2D eigenvalue weighted by molar-refractivity contribution is 6.31. The molecule has 34 heavy (non-hydrogen) atoms. The van der Waals surface area contributed by atoms with Crippen molar-refractivity contribution < 1.29 is 15.0 Å². The van der Waals surface area contributed by atoms with E-state index in [2.05, 4.69) is 34.0 Å². The summed E-state index contributed by atoms with van der Waals surface area (Å²) >= 11 is 6.49. The molecule has 0 amide bonds. The number of hydrogen-bond donors (Lipinski definition) is 4. The smallest absolute Gasteiger partial charge is 0.335 e. The number of carbonyl (C=O) groups is 1. The maximum atomic E-state index is 10.5. The average Bonchev–Trinajstić information content (AvgIpc) is 3.30. The maximum Gasteiger partial charge on any atom is 0.335 e. The van der Waals surface area contributed by atoms with E-state index in [9.17, 15) is 4.79 Å². The van der Waals surface area contributed by atoms with E-state index in [4.69, 9.17) is 21.8 Å². The van der Waals surface area contributed by atoms with Gasteiger partial charge >= 0.3 is 5.97 Å². The molecule has 0 aromatic carbocycles. The minimum Gasteiger partial charge on any atom is -0.508 e. The van der Waals surface area contributed by atoms with Crippen LogP contribution in [0.3, 0.4) is 0 Å². The second-order valence-electron chi connectivity index (χ2n) is 7.69. The molecule has 1 aliphatic heterocycles. The summed E-state index contributed by atoms with van der Waals surface area (Å²) in [5, 5.41) is 21.8. The van der Waals surface area contributed by atoms with Crippen LogP contribution in [0.1, 0.15) is 57.7 Å². The van der Waals surface area contributed by atoms with E-state index >= 15 is 0 Å². The van der Waals surface area contributed by atoms with Crippen molar-refractivity contribution in [1.29, 1.82) is 0 Å². The van der Waals surface area contributed by atoms with E-state index in [1.807, 2.05) is 32.9 Å². The van der Waals surface area contributed by atoms with Crippen molar-refractivity contribution >= 4 is 17.6 Å². The molecule has 1 aliphatic carbocycles. The molecule has 184 valence electrons. The minimum absolute atomic E-state index is 0.0902. The van der Waals surface area contributed by atoms with E-state index in [0.29, 0.717) is 11.5 Å². The Kier molecular flexibility index (Phi) is 12.5. The minimum atomic E-state index is -1.05. The predicted molar refractivity (Wildman–Crippen MR) is 140 cm³/mol. The highest BCUT2D eigenvalue weighted by Crippen LogP contribution is 2.35. The third-order valence-electron chi connectivity index (χ3n) is 5.03. The summed E-state index contributed by atoms with van der Waals surface area (Å²) in [6, 6.07) is 3.97. The molecule has 7 heteroatoms. The van der Waals surface area contributed by atoms with Crippen molar-refractivity contribution in [3.8, 4) is 0 Å². The molecule has 1 fully saturated rings. The standard InChI is InChI=1S/C16H18ClN3.C9H12O3.C2H6/c1-11-8-15(17)14(5-6-18-10-20-11)12-2-3-16-13(9-12)4-7-19-16;1-4-7(10)5-8(6(2)3)9(11)12;1-2/h3,5-6,8-10,12,19H,2,4,7H2,1H3,(H,18,20);4-5,10H,1H2,2-3H3,(H,11,12);1-2H3/b;7-5+;. The van der Waals surface area contributed by atoms with Crippen LogP contribution >= 0.6 is 11.6 Å². The number of nitrogens with zero attached hydrogens (tertiary/aromatic N) is 1. The number of allylic oxidation sites excluding steroid dienone is 5. The largest absolute Gasteiger partial charge is 0.508 e. The Morgan fingerprint density at radius 1 is 1.29 bits per heavy atom. The molecule has 2 heterocycles. The molecule has 1 unspecified atom stereocenters. The van der Waals surface area contributed by atoms with Gasteiger partial charge in [0.15, 0.2) is 0 Å². The number of aryl methyl sites for hydroxylation is 1. The van der Waals surface area contributed by atoms with Crippen molar-refractivity contribution in [3.05, 3.63) is 100.0 Å². The number of nitrogens with one attached hydrogen (secondary N) is 2. The second kappa shape index (κ2) is 14.8. The zero-order valence-corrected chi connectivity index (χ0v) is 21.4. The van der Waals surface area contributed by atoms with Crippen LogP contribution in [-0.4, -0.2) is 32.7 Å². The Labute approximate surface area is 207 Å². The first kappa shape index (κ1) is 28.8. The molecular weight excluding hydrogens is 450 g/mol. The van der Waals surface area contributed by atoms with Gasteiger partial charge in [-0.05, 0) is 69.0 Å². The van der Waals surface area contributed by atoms with E-state index in [1.54, 1.807) is 26.4 Å². The molecule has 1 aromatic heterocycles. The number of aromatic amines is 1. The van der Waals surface area contributed by atoms with Crippen molar-refractivity contribution in [2.75, 3.05) is 6.54 Å². The lowest BCUT2D eigenvalue weighted by Crippen LogP contribution is -2.08. The van der Waals surface area contributed by atoms with Crippen molar-refractivity contribution in [2.45, 2.75) is 53.4 Å². The van der Waals surface area contributed by atoms with Gasteiger partial charge in [0, 0.05) is 35.1 Å². The average molecular weight is 486 g/mol. The van der Waals surface area contributed by atoms with Crippen LogP contribution in [0.4, 0.5) is 0 Å². The SMILES string of the molecule is C=C/C(O)=C\C(C(=O)O)=C(C)C.CC.Cc1cc(Cl)c(C2C=C3CCNC3=CC2)ccnc[nH]1. The summed E-state index contributed by atoms with van der Waals surface area (Å²) < 4.78 is 0. The fourth-order valence-electron chi connectivity index (χ4n) is 3.36. The van der Waals surface area contributed by atoms with Crippen molar-refractivity contribution in [2.24, 2.45) is 0 Å². The third-order valence-corrected chi connectivity index (χ3v) is 5.36. The van der Waals surface area contributed by atoms with Gasteiger partial charge < -0.3 is 20.5 Å². The molecule has 0 saturated carbocycles. The number of aromatic nitrogens is 2. The summed E-state index contributed by atoms with van der Waals surface area (Å²) in [6.07, 6.45) is 12.5. The molecule has 0 radical (unpaired) electrons. The Morgan fingerprint density at radius 3 is 2.62 bits per heavy atom. The van der Waals surface area contributed by atoms with Gasteiger partial charge in [-0.15, -0.1) is 0 Å². The molecule has 0 bridgehead atoms. The number of aliphatic hydroxyl groups excluding tert-OH is 1. The van der Waals surface area contributed by atoms with Gasteiger partial charge in [-0.2, -0.15) is 0 Å². The topological polar surface area (TPSA) is 98.2 Å². The summed E-state index contributed by atoms with van der Waals surface area (Å²) in [5.74, 6) is -0.869. The zero-order valence-electron chi connectivity index (χ0n) is 20.7. The molecule has 4 N–H and O–H groups in total. The normalized spacial score (nSPS) is 15.9. The predicted octanol–water partition coefficient (Wildman–Crippen LogP) is 6.85. The lowest BCUT2D eigenvalue weighted by Gasteiger charge is -2.18. The summed E-state index contributed by atoms with van der Waals surface area (Å²) in [4.78, 5) is 17.8. The number of carboxylic acid groups (broad SMARTS) is 1.